The molecule has 1 heterocycles. The van der Waals surface area contributed by atoms with Crippen LogP contribution in [0.25, 0.3) is 0 Å². The molecule has 1 atom stereocenters. The van der Waals surface area contributed by atoms with Gasteiger partial charge in [-0.25, -0.2) is 0 Å². The van der Waals surface area contributed by atoms with Crippen molar-refractivity contribution in [1.82, 2.24) is 10.2 Å². The fourth-order valence-electron chi connectivity index (χ4n) is 2.28. The Balaban J connectivity index is 1.71. The fourth-order valence-corrected chi connectivity index (χ4v) is 2.28. The van der Waals surface area contributed by atoms with Crippen LogP contribution < -0.4 is 5.32 Å². The number of hydrogen-bond donors (Lipinski definition) is 2. The molecule has 0 aromatic heterocycles. The zero-order valence-electron chi connectivity index (χ0n) is 11.6. The zero-order valence-corrected chi connectivity index (χ0v) is 11.6. The molecule has 2 rings (SSSR count). The van der Waals surface area contributed by atoms with Gasteiger partial charge in [-0.3, -0.25) is 10.2 Å². The third-order valence-corrected chi connectivity index (χ3v) is 3.46. The van der Waals surface area contributed by atoms with Gasteiger partial charge in [0.05, 0.1) is 19.3 Å². The van der Waals surface area contributed by atoms with Gasteiger partial charge in [-0.2, -0.15) is 5.26 Å². The van der Waals surface area contributed by atoms with Gasteiger partial charge < -0.3 is 9.84 Å². The van der Waals surface area contributed by atoms with Crippen LogP contribution in [0.3, 0.4) is 0 Å². The molecule has 1 aliphatic heterocycles. The number of nitriles is 1. The highest BCUT2D eigenvalue weighted by atomic mass is 16.5. The van der Waals surface area contributed by atoms with Gasteiger partial charge in [-0.15, -0.1) is 0 Å². The van der Waals surface area contributed by atoms with Crippen molar-refractivity contribution in [2.24, 2.45) is 0 Å². The van der Waals surface area contributed by atoms with Crippen LogP contribution in [0.4, 0.5) is 0 Å². The Morgan fingerprint density at radius 1 is 1.30 bits per heavy atom. The molecule has 20 heavy (non-hydrogen) atoms. The molecule has 0 amide bonds. The first kappa shape index (κ1) is 14.8. The lowest BCUT2D eigenvalue weighted by atomic mass is 10.1. The zero-order chi connectivity index (χ0) is 14.2. The molecule has 0 saturated carbocycles. The highest BCUT2D eigenvalue weighted by Crippen LogP contribution is 2.16. The van der Waals surface area contributed by atoms with E-state index in [1.54, 1.807) is 24.3 Å². The van der Waals surface area contributed by atoms with Crippen molar-refractivity contribution < 1.29 is 9.84 Å². The molecule has 5 nitrogen and oxygen atoms in total. The molecular formula is C15H21N3O2. The van der Waals surface area contributed by atoms with Gasteiger partial charge in [-0.05, 0) is 37.2 Å². The molecule has 0 aliphatic carbocycles. The Morgan fingerprint density at radius 2 is 2.00 bits per heavy atom. The van der Waals surface area contributed by atoms with E-state index in [1.165, 1.54) is 0 Å². The van der Waals surface area contributed by atoms with Gasteiger partial charge in [0.2, 0.25) is 0 Å². The predicted octanol–water partition coefficient (Wildman–Crippen LogP) is 1.27. The van der Waals surface area contributed by atoms with Gasteiger partial charge in [0.15, 0.2) is 0 Å². The number of ether oxygens (including phenoxy) is 1. The maximum absolute atomic E-state index is 9.25. The van der Waals surface area contributed by atoms with Crippen LogP contribution in [-0.4, -0.2) is 49.4 Å². The van der Waals surface area contributed by atoms with E-state index >= 15 is 0 Å². The van der Waals surface area contributed by atoms with Crippen molar-refractivity contribution in [1.29, 1.82) is 5.26 Å². The molecule has 108 valence electrons. The monoisotopic (exact) mass is 275 g/mol. The third-order valence-electron chi connectivity index (χ3n) is 3.46. The fraction of sp³-hybridized carbons (Fsp3) is 0.533. The lowest BCUT2D eigenvalue weighted by Gasteiger charge is -2.26. The average molecular weight is 275 g/mol. The minimum atomic E-state index is -0.319. The molecule has 0 radical (unpaired) electrons. The van der Waals surface area contributed by atoms with Gasteiger partial charge in [0.25, 0.3) is 0 Å². The van der Waals surface area contributed by atoms with Crippen LogP contribution in [0.5, 0.6) is 5.75 Å². The molecule has 1 unspecified atom stereocenters. The van der Waals surface area contributed by atoms with Crippen molar-refractivity contribution in [2.75, 3.05) is 39.4 Å². The summed E-state index contributed by atoms with van der Waals surface area (Å²) in [6.45, 7) is 5.48. The molecule has 1 aliphatic rings. The molecule has 2 N–H and O–H groups in total. The van der Waals surface area contributed by atoms with Crippen LogP contribution in [0.15, 0.2) is 24.3 Å². The van der Waals surface area contributed by atoms with E-state index in [-0.39, 0.29) is 11.8 Å². The van der Waals surface area contributed by atoms with Crippen molar-refractivity contribution >= 4 is 0 Å². The highest BCUT2D eigenvalue weighted by molar-refractivity contribution is 5.30. The minimum absolute atomic E-state index is 0.220. The van der Waals surface area contributed by atoms with E-state index in [0.717, 1.165) is 51.4 Å². The van der Waals surface area contributed by atoms with E-state index in [0.29, 0.717) is 0 Å². The average Bonchev–Trinajstić information content (AvgIpc) is 2.50. The summed E-state index contributed by atoms with van der Waals surface area (Å²) in [5, 5.41) is 21.7. The SMILES string of the molecule is N#CC(NCCCN1CCOCC1)c1ccc(O)cc1. The van der Waals surface area contributed by atoms with Crippen molar-refractivity contribution in [3.05, 3.63) is 29.8 Å². The van der Waals surface area contributed by atoms with E-state index < -0.39 is 0 Å². The number of rotatable bonds is 6. The molecule has 1 saturated heterocycles. The Morgan fingerprint density at radius 3 is 2.65 bits per heavy atom. The normalized spacial score (nSPS) is 17.6. The van der Waals surface area contributed by atoms with Crippen LogP contribution in [0, 0.1) is 11.3 Å². The first-order valence-electron chi connectivity index (χ1n) is 7.01. The molecule has 1 aromatic rings. The van der Waals surface area contributed by atoms with Crippen molar-refractivity contribution in [3.8, 4) is 11.8 Å². The Kier molecular flexibility index (Phi) is 5.81. The van der Waals surface area contributed by atoms with E-state index in [9.17, 15) is 10.4 Å². The Hall–Kier alpha value is -1.61. The predicted molar refractivity (Wildman–Crippen MR) is 76.3 cm³/mol. The molecule has 0 bridgehead atoms. The summed E-state index contributed by atoms with van der Waals surface area (Å²) < 4.78 is 5.31. The maximum atomic E-state index is 9.25. The number of nitrogens with one attached hydrogen (secondary N) is 1. The van der Waals surface area contributed by atoms with E-state index in [2.05, 4.69) is 16.3 Å². The second kappa shape index (κ2) is 7.85. The lowest BCUT2D eigenvalue weighted by molar-refractivity contribution is 0.0374. The summed E-state index contributed by atoms with van der Waals surface area (Å²) in [6, 6.07) is 8.70. The summed E-state index contributed by atoms with van der Waals surface area (Å²) in [5.74, 6) is 0.220. The van der Waals surface area contributed by atoms with Gasteiger partial charge in [0.1, 0.15) is 11.8 Å². The summed E-state index contributed by atoms with van der Waals surface area (Å²) in [4.78, 5) is 2.38. The van der Waals surface area contributed by atoms with E-state index in [1.807, 2.05) is 0 Å². The standard InChI is InChI=1S/C15H21N3O2/c16-12-15(13-2-4-14(19)5-3-13)17-6-1-7-18-8-10-20-11-9-18/h2-5,15,17,19H,1,6-11H2. The highest BCUT2D eigenvalue weighted by Gasteiger charge is 2.11. The summed E-state index contributed by atoms with van der Waals surface area (Å²) in [5.41, 5.74) is 0.886. The maximum Gasteiger partial charge on any atom is 0.121 e. The van der Waals surface area contributed by atoms with Crippen LogP contribution >= 0.6 is 0 Å². The number of aromatic hydroxyl groups is 1. The molecule has 0 spiro atoms. The quantitative estimate of drug-likeness (QED) is 0.765. The molecular weight excluding hydrogens is 254 g/mol. The number of hydrogen-bond acceptors (Lipinski definition) is 5. The molecule has 1 fully saturated rings. The van der Waals surface area contributed by atoms with Crippen LogP contribution in [-0.2, 0) is 4.74 Å². The van der Waals surface area contributed by atoms with Crippen molar-refractivity contribution in [2.45, 2.75) is 12.5 Å². The van der Waals surface area contributed by atoms with E-state index in [4.69, 9.17) is 4.74 Å². The summed E-state index contributed by atoms with van der Waals surface area (Å²) in [6.07, 6.45) is 1.01. The Labute approximate surface area is 119 Å². The topological polar surface area (TPSA) is 68.5 Å². The minimum Gasteiger partial charge on any atom is -0.508 e. The van der Waals surface area contributed by atoms with Gasteiger partial charge >= 0.3 is 0 Å². The molecule has 1 aromatic carbocycles. The first-order valence-corrected chi connectivity index (χ1v) is 7.01. The number of phenols is 1. The first-order chi connectivity index (χ1) is 9.79. The lowest BCUT2D eigenvalue weighted by Crippen LogP contribution is -2.37. The number of morpholine rings is 1. The molecule has 5 heteroatoms. The second-order valence-electron chi connectivity index (χ2n) is 4.92. The van der Waals surface area contributed by atoms with Gasteiger partial charge in [0, 0.05) is 13.1 Å². The largest absolute Gasteiger partial charge is 0.508 e. The summed E-state index contributed by atoms with van der Waals surface area (Å²) in [7, 11) is 0. The Bertz CT molecular complexity index is 435. The number of benzene rings is 1. The van der Waals surface area contributed by atoms with Crippen LogP contribution in [0.2, 0.25) is 0 Å². The van der Waals surface area contributed by atoms with Gasteiger partial charge in [-0.1, -0.05) is 12.1 Å². The smallest absolute Gasteiger partial charge is 0.121 e. The second-order valence-corrected chi connectivity index (χ2v) is 4.92. The van der Waals surface area contributed by atoms with Crippen molar-refractivity contribution in [3.63, 3.8) is 0 Å². The number of nitrogens with zero attached hydrogens (tertiary/aromatic N) is 2. The third kappa shape index (κ3) is 4.49. The van der Waals surface area contributed by atoms with Crippen LogP contribution in [0.1, 0.15) is 18.0 Å². The summed E-state index contributed by atoms with van der Waals surface area (Å²) >= 11 is 0. The number of phenolic OH excluding ortho intramolecular Hbond substituents is 1.